The van der Waals surface area contributed by atoms with Crippen LogP contribution < -0.4 is 4.74 Å². The molecular weight excluding hydrogens is 196 g/mol. The van der Waals surface area contributed by atoms with E-state index in [1.807, 2.05) is 13.0 Å². The van der Waals surface area contributed by atoms with E-state index < -0.39 is 0 Å². The van der Waals surface area contributed by atoms with Crippen LogP contribution in [0.5, 0.6) is 5.75 Å². The quantitative estimate of drug-likeness (QED) is 0.734. The lowest BCUT2D eigenvalue weighted by Crippen LogP contribution is -2.10. The highest BCUT2D eigenvalue weighted by atomic mass is 16.5. The van der Waals surface area contributed by atoms with Gasteiger partial charge >= 0.3 is 0 Å². The van der Waals surface area contributed by atoms with Crippen LogP contribution in [-0.2, 0) is 6.42 Å². The third kappa shape index (κ3) is 3.41. The molecule has 0 fully saturated rings. The van der Waals surface area contributed by atoms with Crippen molar-refractivity contribution in [3.8, 4) is 5.75 Å². The van der Waals surface area contributed by atoms with Gasteiger partial charge in [0, 0.05) is 5.56 Å². The van der Waals surface area contributed by atoms with Crippen LogP contribution in [0.15, 0.2) is 24.3 Å². The van der Waals surface area contributed by atoms with Crippen LogP contribution in [-0.4, -0.2) is 7.11 Å². The first-order valence-corrected chi connectivity index (χ1v) is 5.76. The summed E-state index contributed by atoms with van der Waals surface area (Å²) in [5.41, 5.74) is 2.72. The smallest absolute Gasteiger partial charge is 0.129 e. The van der Waals surface area contributed by atoms with Gasteiger partial charge in [-0.2, -0.15) is 0 Å². The Morgan fingerprint density at radius 1 is 1.25 bits per heavy atom. The zero-order valence-electron chi connectivity index (χ0n) is 11.0. The van der Waals surface area contributed by atoms with Crippen LogP contribution >= 0.6 is 0 Å². The third-order valence-corrected chi connectivity index (χ3v) is 2.40. The summed E-state index contributed by atoms with van der Waals surface area (Å²) in [4.78, 5) is 0. The fraction of sp³-hybridized carbons (Fsp3) is 0.467. The molecule has 88 valence electrons. The van der Waals surface area contributed by atoms with E-state index in [-0.39, 0.29) is 5.41 Å². The summed E-state index contributed by atoms with van der Waals surface area (Å²) in [6.45, 7) is 8.76. The van der Waals surface area contributed by atoms with E-state index in [0.717, 1.165) is 17.7 Å². The van der Waals surface area contributed by atoms with Crippen molar-refractivity contribution in [3.05, 3.63) is 35.4 Å². The molecule has 0 saturated heterocycles. The predicted molar refractivity (Wildman–Crippen MR) is 70.9 cm³/mol. The Bertz CT molecular complexity index is 370. The van der Waals surface area contributed by atoms with Crippen molar-refractivity contribution < 1.29 is 4.74 Å². The van der Waals surface area contributed by atoms with E-state index in [1.165, 1.54) is 5.56 Å². The molecule has 0 aliphatic heterocycles. The van der Waals surface area contributed by atoms with Crippen molar-refractivity contribution in [3.63, 3.8) is 0 Å². The molecule has 1 aromatic rings. The molecule has 0 heterocycles. The van der Waals surface area contributed by atoms with Gasteiger partial charge < -0.3 is 4.74 Å². The van der Waals surface area contributed by atoms with Crippen molar-refractivity contribution >= 4 is 6.08 Å². The maximum atomic E-state index is 5.52. The Kier molecular flexibility index (Phi) is 4.17. The van der Waals surface area contributed by atoms with Gasteiger partial charge in [-0.25, -0.2) is 0 Å². The summed E-state index contributed by atoms with van der Waals surface area (Å²) in [6, 6.07) is 6.33. The second-order valence-electron chi connectivity index (χ2n) is 5.28. The van der Waals surface area contributed by atoms with Gasteiger partial charge in [0.1, 0.15) is 5.75 Å². The molecule has 0 atom stereocenters. The van der Waals surface area contributed by atoms with Crippen molar-refractivity contribution in [2.45, 2.75) is 34.1 Å². The third-order valence-electron chi connectivity index (χ3n) is 2.40. The largest absolute Gasteiger partial charge is 0.496 e. The van der Waals surface area contributed by atoms with Crippen molar-refractivity contribution in [2.24, 2.45) is 5.41 Å². The highest BCUT2D eigenvalue weighted by Gasteiger charge is 2.15. The van der Waals surface area contributed by atoms with Gasteiger partial charge in [-0.05, 0) is 24.3 Å². The zero-order valence-corrected chi connectivity index (χ0v) is 11.0. The summed E-state index contributed by atoms with van der Waals surface area (Å²) < 4.78 is 5.52. The van der Waals surface area contributed by atoms with Crippen LogP contribution in [0.3, 0.4) is 0 Å². The molecule has 0 N–H and O–H groups in total. The average Bonchev–Trinajstić information content (AvgIpc) is 2.16. The number of benzene rings is 1. The summed E-state index contributed by atoms with van der Waals surface area (Å²) >= 11 is 0. The average molecular weight is 218 g/mol. The molecule has 0 spiro atoms. The first-order valence-electron chi connectivity index (χ1n) is 5.76. The molecule has 0 radical (unpaired) electrons. The molecule has 0 aromatic heterocycles. The Hall–Kier alpha value is -1.24. The van der Waals surface area contributed by atoms with E-state index in [0.29, 0.717) is 0 Å². The minimum Gasteiger partial charge on any atom is -0.496 e. The molecule has 0 aliphatic rings. The maximum Gasteiger partial charge on any atom is 0.129 e. The molecule has 1 rings (SSSR count). The van der Waals surface area contributed by atoms with E-state index in [4.69, 9.17) is 4.74 Å². The van der Waals surface area contributed by atoms with Crippen LogP contribution in [0.2, 0.25) is 0 Å². The SMILES string of the molecule is CC=Cc1cccc(CC(C)(C)C)c1OC. The molecular formula is C15H22O. The summed E-state index contributed by atoms with van der Waals surface area (Å²) in [5.74, 6) is 1.01. The van der Waals surface area contributed by atoms with Gasteiger partial charge in [-0.1, -0.05) is 51.1 Å². The highest BCUT2D eigenvalue weighted by Crippen LogP contribution is 2.30. The van der Waals surface area contributed by atoms with Gasteiger partial charge in [-0.15, -0.1) is 0 Å². The lowest BCUT2D eigenvalue weighted by atomic mass is 9.87. The van der Waals surface area contributed by atoms with Gasteiger partial charge in [-0.3, -0.25) is 0 Å². The van der Waals surface area contributed by atoms with E-state index in [9.17, 15) is 0 Å². The first kappa shape index (κ1) is 12.8. The van der Waals surface area contributed by atoms with E-state index in [1.54, 1.807) is 7.11 Å². The normalized spacial score (nSPS) is 12.1. The number of hydrogen-bond acceptors (Lipinski definition) is 1. The van der Waals surface area contributed by atoms with Gasteiger partial charge in [0.15, 0.2) is 0 Å². The minimum absolute atomic E-state index is 0.280. The molecule has 0 unspecified atom stereocenters. The van der Waals surface area contributed by atoms with Crippen molar-refractivity contribution in [1.82, 2.24) is 0 Å². The Morgan fingerprint density at radius 3 is 2.44 bits per heavy atom. The monoisotopic (exact) mass is 218 g/mol. The van der Waals surface area contributed by atoms with Crippen LogP contribution in [0.1, 0.15) is 38.8 Å². The Labute approximate surface area is 99.1 Å². The number of ether oxygens (including phenoxy) is 1. The second kappa shape index (κ2) is 5.20. The summed E-state index contributed by atoms with van der Waals surface area (Å²) in [5, 5.41) is 0. The van der Waals surface area contributed by atoms with E-state index >= 15 is 0 Å². The lowest BCUT2D eigenvalue weighted by Gasteiger charge is -2.20. The second-order valence-corrected chi connectivity index (χ2v) is 5.28. The fourth-order valence-corrected chi connectivity index (χ4v) is 1.88. The molecule has 0 bridgehead atoms. The standard InChI is InChI=1S/C15H22O/c1-6-8-12-9-7-10-13(14(12)16-5)11-15(2,3)4/h6-10H,11H2,1-5H3. The predicted octanol–water partition coefficient (Wildman–Crippen LogP) is 4.32. The lowest BCUT2D eigenvalue weighted by molar-refractivity contribution is 0.378. The van der Waals surface area contributed by atoms with Crippen molar-refractivity contribution in [1.29, 1.82) is 0 Å². The van der Waals surface area contributed by atoms with Crippen LogP contribution in [0, 0.1) is 5.41 Å². The number of hydrogen-bond donors (Lipinski definition) is 0. The fourth-order valence-electron chi connectivity index (χ4n) is 1.88. The summed E-state index contributed by atoms with van der Waals surface area (Å²) in [7, 11) is 1.74. The molecule has 0 amide bonds. The number of allylic oxidation sites excluding steroid dienone is 1. The number of para-hydroxylation sites is 1. The first-order chi connectivity index (χ1) is 7.48. The minimum atomic E-state index is 0.280. The molecule has 1 aromatic carbocycles. The van der Waals surface area contributed by atoms with Crippen LogP contribution in [0.4, 0.5) is 0 Å². The molecule has 0 saturated carbocycles. The Balaban J connectivity index is 3.14. The van der Waals surface area contributed by atoms with Gasteiger partial charge in [0.2, 0.25) is 0 Å². The Morgan fingerprint density at radius 2 is 1.94 bits per heavy atom. The number of rotatable bonds is 3. The number of methoxy groups -OCH3 is 1. The maximum absolute atomic E-state index is 5.52. The topological polar surface area (TPSA) is 9.23 Å². The molecule has 16 heavy (non-hydrogen) atoms. The van der Waals surface area contributed by atoms with Gasteiger partial charge in [0.25, 0.3) is 0 Å². The summed E-state index contributed by atoms with van der Waals surface area (Å²) in [6.07, 6.45) is 5.16. The van der Waals surface area contributed by atoms with Gasteiger partial charge in [0.05, 0.1) is 7.11 Å². The van der Waals surface area contributed by atoms with E-state index in [2.05, 4.69) is 45.0 Å². The molecule has 1 heteroatoms. The molecule has 0 aliphatic carbocycles. The molecule has 1 nitrogen and oxygen atoms in total. The highest BCUT2D eigenvalue weighted by molar-refractivity contribution is 5.59. The van der Waals surface area contributed by atoms with Crippen LogP contribution in [0.25, 0.3) is 6.08 Å². The van der Waals surface area contributed by atoms with Crippen molar-refractivity contribution in [2.75, 3.05) is 7.11 Å². The zero-order chi connectivity index (χ0) is 12.2.